The first-order chi connectivity index (χ1) is 26.8. The highest BCUT2D eigenvalue weighted by atomic mass is 16.5. The van der Waals surface area contributed by atoms with E-state index in [9.17, 15) is 0 Å². The Labute approximate surface area is 314 Å². The van der Waals surface area contributed by atoms with Crippen LogP contribution in [0.5, 0.6) is 11.5 Å². The van der Waals surface area contributed by atoms with Crippen molar-refractivity contribution in [1.82, 2.24) is 9.97 Å². The third-order valence-corrected chi connectivity index (χ3v) is 11.7. The SMILES string of the molecule is C1=CC2[C@H](C=C1)c1ccccc1C21c2ccccc2Oc2c(-c3ccc(-c4nc(-c5ccc(-c6ccccc6)cc5)c5ccccc5n4)cc3)cccc21. The minimum atomic E-state index is -0.378. The molecule has 1 spiro atoms. The zero-order valence-corrected chi connectivity index (χ0v) is 29.4. The summed E-state index contributed by atoms with van der Waals surface area (Å²) in [5.41, 5.74) is 13.2. The molecule has 3 nitrogen and oxygen atoms in total. The average Bonchev–Trinajstić information content (AvgIpc) is 3.54. The molecule has 1 aliphatic heterocycles. The van der Waals surface area contributed by atoms with Crippen LogP contribution in [0.2, 0.25) is 0 Å². The van der Waals surface area contributed by atoms with Crippen molar-refractivity contribution in [1.29, 1.82) is 0 Å². The number of rotatable bonds is 4. The summed E-state index contributed by atoms with van der Waals surface area (Å²) in [5, 5.41) is 1.03. The van der Waals surface area contributed by atoms with Gasteiger partial charge in [-0.25, -0.2) is 9.97 Å². The van der Waals surface area contributed by atoms with E-state index >= 15 is 0 Å². The zero-order chi connectivity index (χ0) is 35.6. The molecule has 3 heteroatoms. The Morgan fingerprint density at radius 1 is 0.463 bits per heavy atom. The van der Waals surface area contributed by atoms with Crippen LogP contribution in [0.4, 0.5) is 0 Å². The highest BCUT2D eigenvalue weighted by Crippen LogP contribution is 2.65. The van der Waals surface area contributed by atoms with Crippen LogP contribution in [0.15, 0.2) is 194 Å². The average molecular weight is 691 g/mol. The van der Waals surface area contributed by atoms with Crippen molar-refractivity contribution >= 4 is 10.9 Å². The molecule has 2 unspecified atom stereocenters. The maximum Gasteiger partial charge on any atom is 0.160 e. The molecule has 2 aliphatic carbocycles. The minimum Gasteiger partial charge on any atom is -0.456 e. The summed E-state index contributed by atoms with van der Waals surface area (Å²) < 4.78 is 6.94. The largest absolute Gasteiger partial charge is 0.456 e. The van der Waals surface area contributed by atoms with Crippen molar-refractivity contribution in [3.63, 3.8) is 0 Å². The summed E-state index contributed by atoms with van der Waals surface area (Å²) >= 11 is 0. The van der Waals surface area contributed by atoms with Crippen molar-refractivity contribution in [2.45, 2.75) is 11.3 Å². The van der Waals surface area contributed by atoms with E-state index in [1.165, 1.54) is 33.4 Å². The Balaban J connectivity index is 1.02. The number of para-hydroxylation sites is 3. The molecule has 3 aliphatic rings. The number of hydrogen-bond donors (Lipinski definition) is 0. The van der Waals surface area contributed by atoms with Crippen molar-refractivity contribution in [2.24, 2.45) is 5.92 Å². The van der Waals surface area contributed by atoms with Gasteiger partial charge in [0.15, 0.2) is 5.82 Å². The second-order valence-corrected chi connectivity index (χ2v) is 14.4. The molecule has 3 atom stereocenters. The summed E-state index contributed by atoms with van der Waals surface area (Å²) in [6, 6.07) is 60.4. The molecule has 2 heterocycles. The molecule has 0 amide bonds. The van der Waals surface area contributed by atoms with Gasteiger partial charge in [0.05, 0.1) is 16.6 Å². The van der Waals surface area contributed by atoms with Gasteiger partial charge in [-0.15, -0.1) is 0 Å². The number of hydrogen-bond acceptors (Lipinski definition) is 3. The molecule has 0 fully saturated rings. The van der Waals surface area contributed by atoms with Crippen LogP contribution < -0.4 is 4.74 Å². The van der Waals surface area contributed by atoms with Crippen LogP contribution in [0.1, 0.15) is 28.2 Å². The van der Waals surface area contributed by atoms with Gasteiger partial charge in [0.2, 0.25) is 0 Å². The van der Waals surface area contributed by atoms with Crippen LogP contribution in [-0.2, 0) is 5.41 Å². The molecule has 0 bridgehead atoms. The minimum absolute atomic E-state index is 0.232. The Kier molecular flexibility index (Phi) is 6.90. The van der Waals surface area contributed by atoms with E-state index in [1.54, 1.807) is 0 Å². The number of allylic oxidation sites excluding steroid dienone is 4. The van der Waals surface area contributed by atoms with E-state index in [-0.39, 0.29) is 11.3 Å². The quantitative estimate of drug-likeness (QED) is 0.184. The number of aromatic nitrogens is 2. The van der Waals surface area contributed by atoms with Crippen molar-refractivity contribution in [3.8, 4) is 56.4 Å². The zero-order valence-electron chi connectivity index (χ0n) is 29.4. The molecule has 0 saturated heterocycles. The number of benzene rings is 7. The predicted molar refractivity (Wildman–Crippen MR) is 219 cm³/mol. The van der Waals surface area contributed by atoms with Crippen LogP contribution in [-0.4, -0.2) is 9.97 Å². The molecule has 0 N–H and O–H groups in total. The van der Waals surface area contributed by atoms with Gasteiger partial charge < -0.3 is 4.74 Å². The fourth-order valence-corrected chi connectivity index (χ4v) is 9.29. The molecule has 254 valence electrons. The number of ether oxygens (including phenoxy) is 1. The van der Waals surface area contributed by atoms with E-state index in [0.717, 1.165) is 50.3 Å². The van der Waals surface area contributed by atoms with Crippen LogP contribution >= 0.6 is 0 Å². The normalized spacial score (nSPS) is 18.8. The second kappa shape index (κ2) is 12.1. The smallest absolute Gasteiger partial charge is 0.160 e. The first-order valence-corrected chi connectivity index (χ1v) is 18.7. The van der Waals surface area contributed by atoms with Crippen LogP contribution in [0, 0.1) is 5.92 Å². The van der Waals surface area contributed by atoms with Gasteiger partial charge in [-0.2, -0.15) is 0 Å². The second-order valence-electron chi connectivity index (χ2n) is 14.4. The summed E-state index contributed by atoms with van der Waals surface area (Å²) in [5.74, 6) is 3.07. The van der Waals surface area contributed by atoms with Gasteiger partial charge in [0.25, 0.3) is 0 Å². The Morgan fingerprint density at radius 2 is 1.11 bits per heavy atom. The van der Waals surface area contributed by atoms with Gasteiger partial charge in [0.1, 0.15) is 11.5 Å². The van der Waals surface area contributed by atoms with Crippen LogP contribution in [0.25, 0.3) is 55.8 Å². The van der Waals surface area contributed by atoms with E-state index in [4.69, 9.17) is 14.7 Å². The molecule has 1 aromatic heterocycles. The van der Waals surface area contributed by atoms with E-state index in [1.807, 2.05) is 12.1 Å². The highest BCUT2D eigenvalue weighted by molar-refractivity contribution is 5.94. The highest BCUT2D eigenvalue weighted by Gasteiger charge is 2.56. The summed E-state index contributed by atoms with van der Waals surface area (Å²) in [6.45, 7) is 0. The van der Waals surface area contributed by atoms with Gasteiger partial charge in [-0.3, -0.25) is 0 Å². The van der Waals surface area contributed by atoms with Crippen molar-refractivity contribution in [2.75, 3.05) is 0 Å². The molecular weight excluding hydrogens is 657 g/mol. The lowest BCUT2D eigenvalue weighted by atomic mass is 9.61. The Hall–Kier alpha value is -6.84. The maximum absolute atomic E-state index is 6.94. The van der Waals surface area contributed by atoms with Crippen LogP contribution in [0.3, 0.4) is 0 Å². The molecule has 0 saturated carbocycles. The monoisotopic (exact) mass is 690 g/mol. The standard InChI is InChI=1S/C51H34N2O/c1-2-13-33(14-3-1)34-25-29-36(30-26-34)48-41-17-6-10-23-46(41)52-50(53-48)37-31-27-35(28-32-37)38-18-12-22-45-49(38)54-47-24-11-9-21-44(47)51(45)42-19-7-4-15-39(42)40-16-5-8-20-43(40)51/h1-32,39,42H/t39-,42?,51?/m1/s1. The topological polar surface area (TPSA) is 35.0 Å². The summed E-state index contributed by atoms with van der Waals surface area (Å²) in [4.78, 5) is 10.3. The lowest BCUT2D eigenvalue weighted by molar-refractivity contribution is 0.375. The van der Waals surface area contributed by atoms with Crippen molar-refractivity contribution in [3.05, 3.63) is 216 Å². The third kappa shape index (κ3) is 4.55. The summed E-state index contributed by atoms with van der Waals surface area (Å²) in [7, 11) is 0. The Morgan fingerprint density at radius 3 is 1.98 bits per heavy atom. The van der Waals surface area contributed by atoms with Crippen molar-refractivity contribution < 1.29 is 4.74 Å². The first kappa shape index (κ1) is 30.8. The van der Waals surface area contributed by atoms with Gasteiger partial charge in [-0.1, -0.05) is 182 Å². The molecule has 54 heavy (non-hydrogen) atoms. The summed E-state index contributed by atoms with van der Waals surface area (Å²) in [6.07, 6.45) is 9.20. The molecular formula is C51H34N2O. The number of nitrogens with zero attached hydrogens (tertiary/aromatic N) is 2. The Bertz CT molecular complexity index is 2800. The van der Waals surface area contributed by atoms with E-state index in [2.05, 4.69) is 182 Å². The first-order valence-electron chi connectivity index (χ1n) is 18.7. The fourth-order valence-electron chi connectivity index (χ4n) is 9.29. The molecule has 7 aromatic carbocycles. The molecule has 0 radical (unpaired) electrons. The molecule has 11 rings (SSSR count). The third-order valence-electron chi connectivity index (χ3n) is 11.7. The molecule has 8 aromatic rings. The maximum atomic E-state index is 6.94. The lowest BCUT2D eigenvalue weighted by Crippen LogP contribution is -2.37. The van der Waals surface area contributed by atoms with Gasteiger partial charge in [-0.05, 0) is 39.9 Å². The van der Waals surface area contributed by atoms with Gasteiger partial charge >= 0.3 is 0 Å². The van der Waals surface area contributed by atoms with Gasteiger partial charge in [0, 0.05) is 45.0 Å². The fraction of sp³-hybridized carbons (Fsp3) is 0.0588. The van der Waals surface area contributed by atoms with E-state index in [0.29, 0.717) is 11.7 Å². The predicted octanol–water partition coefficient (Wildman–Crippen LogP) is 12.6. The lowest BCUT2D eigenvalue weighted by Gasteiger charge is -2.43. The number of fused-ring (bicyclic) bond motifs is 10. The van der Waals surface area contributed by atoms with E-state index < -0.39 is 0 Å².